The first-order valence-electron chi connectivity index (χ1n) is 32.3. The van der Waals surface area contributed by atoms with Gasteiger partial charge in [-0.3, -0.25) is 0 Å². The topological polar surface area (TPSA) is 0 Å². The lowest BCUT2D eigenvalue weighted by Crippen LogP contribution is -2.29. The second-order valence-electron chi connectivity index (χ2n) is 26.2. The van der Waals surface area contributed by atoms with Gasteiger partial charge in [0.1, 0.15) is 0 Å². The average Bonchev–Trinajstić information content (AvgIpc) is 1.70. The van der Waals surface area contributed by atoms with Crippen molar-refractivity contribution in [2.24, 2.45) is 5.41 Å². The molecule has 0 unspecified atom stereocenters. The van der Waals surface area contributed by atoms with Gasteiger partial charge in [-0.1, -0.05) is 115 Å². The summed E-state index contributed by atoms with van der Waals surface area (Å²) in [6.07, 6.45) is 13.4. The zero-order chi connectivity index (χ0) is 64.2. The van der Waals surface area contributed by atoms with Crippen molar-refractivity contribution in [3.05, 3.63) is 203 Å². The molecule has 10 heteroatoms. The van der Waals surface area contributed by atoms with Gasteiger partial charge in [-0.2, -0.15) is 0 Å². The minimum absolute atomic E-state index is 0.753. The monoisotopic (exact) mass is 1380 g/mol. The molecule has 14 aromatic rings. The highest BCUT2D eigenvalue weighted by molar-refractivity contribution is 7.30. The maximum absolute atomic E-state index is 2.36. The quantitative estimate of drug-likeness (QED) is 0.161. The van der Waals surface area contributed by atoms with Crippen LogP contribution in [-0.2, 0) is 0 Å². The van der Waals surface area contributed by atoms with Crippen molar-refractivity contribution in [1.82, 2.24) is 0 Å². The lowest BCUT2D eigenvalue weighted by atomic mass is 9.62. The molecule has 16 rings (SSSR count). The first-order chi connectivity index (χ1) is 43.7. The minimum atomic E-state index is 0.753. The van der Waals surface area contributed by atoms with Gasteiger partial charge < -0.3 is 0 Å². The van der Waals surface area contributed by atoms with E-state index in [1.165, 1.54) is 221 Å². The second kappa shape index (κ2) is 27.9. The fraction of sp³-hybridized carbons (Fsp3) is 0.333. The Morgan fingerprint density at radius 2 is 0.692 bits per heavy atom. The van der Waals surface area contributed by atoms with Crippen molar-refractivity contribution < 1.29 is 0 Å². The average molecular weight is 1380 g/mol. The highest BCUT2D eigenvalue weighted by atomic mass is 32.1. The molecule has 2 fully saturated rings. The van der Waals surface area contributed by atoms with E-state index in [9.17, 15) is 0 Å². The number of aryl methyl sites for hydroxylation is 16. The number of hydrogen-bond donors (Lipinski definition) is 0. The number of hydrogen-bond acceptors (Lipinski definition) is 10. The van der Waals surface area contributed by atoms with Crippen LogP contribution in [0.3, 0.4) is 0 Å². The van der Waals surface area contributed by atoms with Crippen molar-refractivity contribution in [2.45, 2.75) is 174 Å². The zero-order valence-corrected chi connectivity index (χ0v) is 64.2. The van der Waals surface area contributed by atoms with Gasteiger partial charge in [0, 0.05) is 74.8 Å². The Morgan fingerprint density at radius 1 is 0.297 bits per heavy atom. The van der Waals surface area contributed by atoms with Crippen LogP contribution in [0, 0.1) is 116 Å². The normalized spacial score (nSPS) is 14.0. The maximum atomic E-state index is 2.36. The molecule has 0 bridgehead atoms. The molecule has 470 valence electrons. The van der Waals surface area contributed by atoms with E-state index in [1.54, 1.807) is 19.8 Å². The van der Waals surface area contributed by atoms with Crippen LogP contribution in [-0.4, -0.2) is 0 Å². The van der Waals surface area contributed by atoms with Crippen molar-refractivity contribution in [3.63, 3.8) is 0 Å². The number of rotatable bonds is 5. The van der Waals surface area contributed by atoms with E-state index in [0.717, 1.165) is 11.3 Å². The Morgan fingerprint density at radius 3 is 1.19 bits per heavy atom. The van der Waals surface area contributed by atoms with Crippen LogP contribution in [0.15, 0.2) is 112 Å². The highest BCUT2D eigenvalue weighted by Gasteiger charge is 2.38. The summed E-state index contributed by atoms with van der Waals surface area (Å²) in [5.41, 5.74) is 29.2. The van der Waals surface area contributed by atoms with Gasteiger partial charge in [-0.25, -0.2) is 0 Å². The van der Waals surface area contributed by atoms with E-state index in [0.29, 0.717) is 0 Å². The van der Waals surface area contributed by atoms with Gasteiger partial charge >= 0.3 is 0 Å². The van der Waals surface area contributed by atoms with Crippen molar-refractivity contribution in [2.75, 3.05) is 0 Å². The summed E-state index contributed by atoms with van der Waals surface area (Å²) in [6.45, 7) is 35.6. The number of fused-ring (bicyclic) bond motifs is 5. The molecule has 0 N–H and O–H groups in total. The van der Waals surface area contributed by atoms with Gasteiger partial charge in [0.05, 0.1) is 18.8 Å². The molecule has 0 amide bonds. The van der Waals surface area contributed by atoms with Gasteiger partial charge in [-0.05, 0) is 265 Å². The van der Waals surface area contributed by atoms with Crippen LogP contribution in [0.4, 0.5) is 0 Å². The summed E-state index contributed by atoms with van der Waals surface area (Å²) >= 11 is 19.3. The van der Waals surface area contributed by atoms with E-state index in [1.807, 2.05) is 113 Å². The zero-order valence-electron chi connectivity index (χ0n) is 56.0. The lowest BCUT2D eigenvalue weighted by Gasteiger charge is -2.43. The summed E-state index contributed by atoms with van der Waals surface area (Å²) in [4.78, 5) is 7.34. The van der Waals surface area contributed by atoms with E-state index >= 15 is 0 Å². The Kier molecular flexibility index (Phi) is 20.3. The maximum Gasteiger partial charge on any atom is 0.0534 e. The second-order valence-corrected chi connectivity index (χ2v) is 36.7. The fourth-order valence-corrected chi connectivity index (χ4v) is 27.3. The van der Waals surface area contributed by atoms with Crippen LogP contribution in [0.5, 0.6) is 0 Å². The molecule has 0 nitrogen and oxygen atoms in total. The Balaban J connectivity index is 0.000000110. The standard InChI is InChI=1S/C19H26S2.C17H18S2.C16H16S2.C15H14S2.C14H12S2/c1-13-12-20-18-16(14(2)21-17(13)18)15-6-10-19(11-7-15)8-4-3-5-9-19;1-9-6-10(2)14(11(3)7-9)15-13(5)19-16-12(4)8-18-17(15)16;1-9-5-6-13(10(2)7-9)14-12(4)18-15-11(3)8-17-16(14)15;1-9-6-4-5-7-12(9)13-11(3)17-14-10(2)8-16-15(13)14;1-9-8-15-14-12(10(2)16-13(9)14)11-6-4-3-5-7-11/h12,15H,3-11H2,1-2H3;6-8H,1-5H3;5-8H,1-4H3;4-8H,1-3H3;3-8H,1-2H3. The van der Waals surface area contributed by atoms with E-state index in [4.69, 9.17) is 0 Å². The van der Waals surface area contributed by atoms with Crippen LogP contribution in [0.25, 0.3) is 91.5 Å². The summed E-state index contributed by atoms with van der Waals surface area (Å²) in [7, 11) is 0. The fourth-order valence-electron chi connectivity index (χ4n) is 14.7. The summed E-state index contributed by atoms with van der Waals surface area (Å²) < 4.78 is 14.9. The molecule has 2 aliphatic rings. The SMILES string of the molecule is Cc1cc(C)c(-c2c(C)sc3c(C)csc23)c(C)c1.Cc1ccc(-c2c(C)sc3c(C)csc23)c(C)c1.Cc1ccccc1-c1c(C)sc2c(C)csc12.Cc1sc2c(C)csc2c1-c1ccccc1.Cc1sc2c(C)csc2c1C1CCC2(CCCCC2)CC1. The summed E-state index contributed by atoms with van der Waals surface area (Å²) in [6, 6.07) is 30.7. The van der Waals surface area contributed by atoms with Gasteiger partial charge in [0.15, 0.2) is 0 Å². The van der Waals surface area contributed by atoms with Crippen LogP contribution in [0.2, 0.25) is 0 Å². The van der Waals surface area contributed by atoms with Crippen LogP contribution < -0.4 is 0 Å². The minimum Gasteiger partial charge on any atom is -0.142 e. The number of thiophene rings is 10. The van der Waals surface area contributed by atoms with Crippen molar-refractivity contribution in [1.29, 1.82) is 0 Å². The lowest BCUT2D eigenvalue weighted by molar-refractivity contribution is 0.114. The van der Waals surface area contributed by atoms with E-state index in [-0.39, 0.29) is 0 Å². The molecule has 0 atom stereocenters. The predicted octanol–water partition coefficient (Wildman–Crippen LogP) is 30.0. The van der Waals surface area contributed by atoms with Crippen LogP contribution in [0.1, 0.15) is 155 Å². The third kappa shape index (κ3) is 13.3. The van der Waals surface area contributed by atoms with Crippen LogP contribution >= 0.6 is 113 Å². The Labute approximate surface area is 582 Å². The first kappa shape index (κ1) is 66.2. The molecule has 91 heavy (non-hydrogen) atoms. The molecule has 1 spiro atoms. The third-order valence-corrected chi connectivity index (χ3v) is 31.7. The Bertz CT molecular complexity index is 4850. The molecule has 4 aromatic carbocycles. The first-order valence-corrected chi connectivity index (χ1v) is 40.8. The predicted molar refractivity (Wildman–Crippen MR) is 423 cm³/mol. The summed E-state index contributed by atoms with van der Waals surface area (Å²) in [5, 5.41) is 11.4. The van der Waals surface area contributed by atoms with Gasteiger partial charge in [0.2, 0.25) is 0 Å². The third-order valence-electron chi connectivity index (χ3n) is 19.2. The molecular formula is C81H86S10. The molecule has 0 radical (unpaired) electrons. The molecular weight excluding hydrogens is 1290 g/mol. The largest absolute Gasteiger partial charge is 0.142 e. The molecule has 2 saturated carbocycles. The molecule has 2 aliphatic carbocycles. The van der Waals surface area contributed by atoms with Gasteiger partial charge in [0.25, 0.3) is 0 Å². The summed E-state index contributed by atoms with van der Waals surface area (Å²) in [5.74, 6) is 0.851. The molecule has 0 saturated heterocycles. The van der Waals surface area contributed by atoms with Crippen molar-refractivity contribution >= 4 is 160 Å². The number of benzene rings is 4. The highest BCUT2D eigenvalue weighted by Crippen LogP contribution is 2.55. The van der Waals surface area contributed by atoms with Crippen molar-refractivity contribution in [3.8, 4) is 44.5 Å². The molecule has 10 heterocycles. The molecule has 0 aliphatic heterocycles. The van der Waals surface area contributed by atoms with E-state index in [2.05, 4.69) is 223 Å². The van der Waals surface area contributed by atoms with Gasteiger partial charge in [-0.15, -0.1) is 113 Å². The smallest absolute Gasteiger partial charge is 0.0534 e. The Hall–Kier alpha value is -4.82. The molecule has 10 aromatic heterocycles. The van der Waals surface area contributed by atoms with E-state index < -0.39 is 0 Å².